The fraction of sp³-hybridized carbons (Fsp3) is 0.286. The van der Waals surface area contributed by atoms with Crippen LogP contribution in [0.3, 0.4) is 0 Å². The van der Waals surface area contributed by atoms with Crippen LogP contribution in [-0.2, 0) is 14.3 Å². The van der Waals surface area contributed by atoms with E-state index in [1.165, 1.54) is 6.07 Å². The molecule has 0 radical (unpaired) electrons. The van der Waals surface area contributed by atoms with E-state index in [1.807, 2.05) is 4.90 Å². The average Bonchev–Trinajstić information content (AvgIpc) is 2.81. The molecule has 1 aliphatic heterocycles. The third-order valence-corrected chi connectivity index (χ3v) is 4.94. The van der Waals surface area contributed by atoms with Gasteiger partial charge in [0.15, 0.2) is 6.61 Å². The summed E-state index contributed by atoms with van der Waals surface area (Å²) in [6, 6.07) is 14.8. The maximum atomic E-state index is 12.3. The predicted octanol–water partition coefficient (Wildman–Crippen LogP) is 1.82. The molecule has 2 amide bonds. The van der Waals surface area contributed by atoms with Crippen molar-refractivity contribution in [1.29, 1.82) is 0 Å². The second-order valence-electron chi connectivity index (χ2n) is 6.98. The van der Waals surface area contributed by atoms with Gasteiger partial charge < -0.3 is 9.64 Å². The second kappa shape index (κ2) is 10.2. The fourth-order valence-corrected chi connectivity index (χ4v) is 3.32. The van der Waals surface area contributed by atoms with Gasteiger partial charge in [0, 0.05) is 24.7 Å². The Balaban J connectivity index is 1.41. The minimum absolute atomic E-state index is 0.0257. The molecule has 10 heteroatoms. The smallest absolute Gasteiger partial charge is 0.309 e. The normalized spacial score (nSPS) is 13.9. The first kappa shape index (κ1) is 21.8. The van der Waals surface area contributed by atoms with E-state index < -0.39 is 35.2 Å². The van der Waals surface area contributed by atoms with Crippen LogP contribution in [0.15, 0.2) is 54.6 Å². The summed E-state index contributed by atoms with van der Waals surface area (Å²) in [5, 5.41) is 11.2. The summed E-state index contributed by atoms with van der Waals surface area (Å²) in [5.74, 6) is -2.05. The first-order valence-corrected chi connectivity index (χ1v) is 9.75. The number of rotatable bonds is 6. The lowest BCUT2D eigenvalue weighted by atomic mass is 9.96. The zero-order valence-electron chi connectivity index (χ0n) is 16.7. The summed E-state index contributed by atoms with van der Waals surface area (Å²) in [6.45, 7) is 0.409. The van der Waals surface area contributed by atoms with Crippen LogP contribution in [0.5, 0.6) is 0 Å². The molecule has 1 aliphatic rings. The lowest BCUT2D eigenvalue weighted by molar-refractivity contribution is -0.384. The molecule has 31 heavy (non-hydrogen) atoms. The van der Waals surface area contributed by atoms with Crippen LogP contribution in [0.4, 0.5) is 11.4 Å². The maximum Gasteiger partial charge on any atom is 0.309 e. The summed E-state index contributed by atoms with van der Waals surface area (Å²) >= 11 is 0. The van der Waals surface area contributed by atoms with E-state index in [4.69, 9.17) is 4.74 Å². The number of para-hydroxylation sites is 2. The first-order valence-electron chi connectivity index (χ1n) is 9.75. The van der Waals surface area contributed by atoms with Crippen LogP contribution in [-0.4, -0.2) is 42.4 Å². The number of benzene rings is 2. The Morgan fingerprint density at radius 3 is 2.32 bits per heavy atom. The van der Waals surface area contributed by atoms with Crippen molar-refractivity contribution in [2.75, 3.05) is 24.6 Å². The highest BCUT2D eigenvalue weighted by molar-refractivity contribution is 5.95. The minimum Gasteiger partial charge on any atom is -0.455 e. The van der Waals surface area contributed by atoms with Gasteiger partial charge in [0.05, 0.1) is 10.8 Å². The van der Waals surface area contributed by atoms with E-state index in [0.717, 1.165) is 0 Å². The van der Waals surface area contributed by atoms with Crippen LogP contribution in [0.25, 0.3) is 0 Å². The number of carbonyl (C=O) groups is 3. The van der Waals surface area contributed by atoms with Crippen molar-refractivity contribution in [2.24, 2.45) is 5.92 Å². The number of piperidine rings is 1. The molecule has 0 saturated carbocycles. The maximum absolute atomic E-state index is 12.3. The molecule has 162 valence electrons. The third-order valence-electron chi connectivity index (χ3n) is 4.94. The van der Waals surface area contributed by atoms with Crippen molar-refractivity contribution < 1.29 is 24.0 Å². The molecule has 0 aliphatic carbocycles. The molecule has 0 aromatic heterocycles. The Morgan fingerprint density at radius 2 is 1.65 bits per heavy atom. The molecular weight excluding hydrogens is 404 g/mol. The number of ether oxygens (including phenoxy) is 1. The van der Waals surface area contributed by atoms with Crippen LogP contribution in [0.1, 0.15) is 23.2 Å². The number of nitrogens with one attached hydrogen (secondary N) is 2. The number of hydrogen-bond acceptors (Lipinski definition) is 7. The summed E-state index contributed by atoms with van der Waals surface area (Å²) < 4.78 is 5.06. The number of nitro benzene ring substituents is 1. The molecule has 0 bridgehead atoms. The van der Waals surface area contributed by atoms with E-state index in [1.54, 1.807) is 48.5 Å². The Bertz CT molecular complexity index is 957. The molecule has 2 N–H and O–H groups in total. The molecule has 3 rings (SSSR count). The first-order chi connectivity index (χ1) is 15.0. The highest BCUT2D eigenvalue weighted by Crippen LogP contribution is 2.31. The van der Waals surface area contributed by atoms with E-state index in [2.05, 4.69) is 10.9 Å². The van der Waals surface area contributed by atoms with Crippen LogP contribution >= 0.6 is 0 Å². The Kier molecular flexibility index (Phi) is 7.15. The topological polar surface area (TPSA) is 131 Å². The van der Waals surface area contributed by atoms with Crippen molar-refractivity contribution in [3.05, 3.63) is 70.3 Å². The lowest BCUT2D eigenvalue weighted by Gasteiger charge is -2.32. The molecule has 0 spiro atoms. The number of nitro groups is 1. The van der Waals surface area contributed by atoms with Gasteiger partial charge >= 0.3 is 5.97 Å². The summed E-state index contributed by atoms with van der Waals surface area (Å²) in [6.07, 6.45) is 0.911. The fourth-order valence-electron chi connectivity index (χ4n) is 3.32. The Morgan fingerprint density at radius 1 is 1.00 bits per heavy atom. The van der Waals surface area contributed by atoms with Gasteiger partial charge in [-0.15, -0.1) is 0 Å². The molecule has 0 unspecified atom stereocenters. The predicted molar refractivity (Wildman–Crippen MR) is 111 cm³/mol. The highest BCUT2D eigenvalue weighted by atomic mass is 16.6. The van der Waals surface area contributed by atoms with Gasteiger partial charge in [-0.3, -0.25) is 35.3 Å². The molecule has 1 heterocycles. The molecular formula is C21H22N4O6. The third kappa shape index (κ3) is 5.78. The number of anilines is 1. The van der Waals surface area contributed by atoms with Crippen molar-refractivity contribution in [2.45, 2.75) is 12.8 Å². The van der Waals surface area contributed by atoms with Crippen molar-refractivity contribution in [1.82, 2.24) is 10.9 Å². The number of hydrazine groups is 1. The SMILES string of the molecule is O=C(COC(=O)C1CCN(c2ccccc2[N+](=O)[O-])CC1)NNC(=O)c1ccccc1. The number of nitrogens with zero attached hydrogens (tertiary/aromatic N) is 2. The van der Waals surface area contributed by atoms with Crippen LogP contribution in [0, 0.1) is 16.0 Å². The quantitative estimate of drug-likeness (QED) is 0.409. The lowest BCUT2D eigenvalue weighted by Crippen LogP contribution is -2.44. The Hall–Kier alpha value is -3.95. The van der Waals surface area contributed by atoms with Crippen molar-refractivity contribution >= 4 is 29.2 Å². The Labute approximate surface area is 178 Å². The standard InChI is InChI=1S/C21H22N4O6/c26-19(22-23-20(27)15-6-2-1-3-7-15)14-31-21(28)16-10-12-24(13-11-16)17-8-4-5-9-18(17)25(29)30/h1-9,16H,10-14H2,(H,22,26)(H,23,27). The van der Waals surface area contributed by atoms with Gasteiger partial charge in [0.25, 0.3) is 17.5 Å². The largest absolute Gasteiger partial charge is 0.455 e. The summed E-state index contributed by atoms with van der Waals surface area (Å²) in [5.41, 5.74) is 5.37. The summed E-state index contributed by atoms with van der Waals surface area (Å²) in [4.78, 5) is 48.6. The molecule has 2 aromatic rings. The molecule has 1 fully saturated rings. The molecule has 1 saturated heterocycles. The van der Waals surface area contributed by atoms with E-state index >= 15 is 0 Å². The zero-order valence-corrected chi connectivity index (χ0v) is 16.7. The number of hydrogen-bond donors (Lipinski definition) is 2. The molecule has 2 aromatic carbocycles. The van der Waals surface area contributed by atoms with Crippen molar-refractivity contribution in [3.8, 4) is 0 Å². The van der Waals surface area contributed by atoms with Crippen LogP contribution in [0.2, 0.25) is 0 Å². The monoisotopic (exact) mass is 426 g/mol. The summed E-state index contributed by atoms with van der Waals surface area (Å²) in [7, 11) is 0. The van der Waals surface area contributed by atoms with Gasteiger partial charge in [-0.2, -0.15) is 0 Å². The van der Waals surface area contributed by atoms with Gasteiger partial charge in [0.1, 0.15) is 5.69 Å². The van der Waals surface area contributed by atoms with Gasteiger partial charge in [-0.1, -0.05) is 30.3 Å². The van der Waals surface area contributed by atoms with Gasteiger partial charge in [0.2, 0.25) is 0 Å². The average molecular weight is 426 g/mol. The van der Waals surface area contributed by atoms with Crippen LogP contribution < -0.4 is 15.8 Å². The minimum atomic E-state index is -0.657. The van der Waals surface area contributed by atoms with E-state index in [-0.39, 0.29) is 5.69 Å². The number of carbonyl (C=O) groups excluding carboxylic acids is 3. The molecule has 0 atom stereocenters. The number of amides is 2. The van der Waals surface area contributed by atoms with E-state index in [0.29, 0.717) is 37.2 Å². The highest BCUT2D eigenvalue weighted by Gasteiger charge is 2.29. The van der Waals surface area contributed by atoms with Crippen molar-refractivity contribution in [3.63, 3.8) is 0 Å². The van der Waals surface area contributed by atoms with E-state index in [9.17, 15) is 24.5 Å². The van der Waals surface area contributed by atoms with Gasteiger partial charge in [-0.05, 0) is 31.0 Å². The second-order valence-corrected chi connectivity index (χ2v) is 6.98. The van der Waals surface area contributed by atoms with Gasteiger partial charge in [-0.25, -0.2) is 0 Å². The zero-order chi connectivity index (χ0) is 22.2. The number of esters is 1. The molecule has 10 nitrogen and oxygen atoms in total.